The summed E-state index contributed by atoms with van der Waals surface area (Å²) in [5, 5.41) is 8.27. The fourth-order valence-corrected chi connectivity index (χ4v) is 2.93. The molecular weight excluding hydrogens is 360 g/mol. The highest BCUT2D eigenvalue weighted by Gasteiger charge is 2.05. The molecule has 0 aliphatic heterocycles. The van der Waals surface area contributed by atoms with Crippen molar-refractivity contribution in [3.05, 3.63) is 94.8 Å². The number of rotatable bonds is 7. The van der Waals surface area contributed by atoms with Crippen LogP contribution in [0.25, 0.3) is 6.08 Å². The number of hydrogen-bond acceptors (Lipinski definition) is 3. The molecule has 3 rings (SSSR count). The van der Waals surface area contributed by atoms with E-state index in [1.165, 1.54) is 5.56 Å². The summed E-state index contributed by atoms with van der Waals surface area (Å²) >= 11 is 0. The largest absolute Gasteiger partial charge is 0.271 e. The molecule has 0 unspecified atom stereocenters. The van der Waals surface area contributed by atoms with E-state index in [9.17, 15) is 4.79 Å². The quantitative estimate of drug-likeness (QED) is 0.465. The molecule has 0 saturated carbocycles. The lowest BCUT2D eigenvalue weighted by molar-refractivity contribution is 0.0955. The average molecular weight is 386 g/mol. The molecule has 2 aromatic carbocycles. The Morgan fingerprint density at radius 3 is 2.66 bits per heavy atom. The van der Waals surface area contributed by atoms with Gasteiger partial charge in [0.15, 0.2) is 0 Å². The van der Waals surface area contributed by atoms with Gasteiger partial charge in [-0.2, -0.15) is 10.2 Å². The lowest BCUT2D eigenvalue weighted by Gasteiger charge is -2.05. The molecule has 1 amide bonds. The molecule has 29 heavy (non-hydrogen) atoms. The Hall–Kier alpha value is -3.47. The number of aromatic nitrogens is 2. The second-order valence-electron chi connectivity index (χ2n) is 7.31. The van der Waals surface area contributed by atoms with Gasteiger partial charge in [0.1, 0.15) is 0 Å². The van der Waals surface area contributed by atoms with Crippen molar-refractivity contribution in [2.75, 3.05) is 0 Å². The van der Waals surface area contributed by atoms with E-state index >= 15 is 0 Å². The van der Waals surface area contributed by atoms with Gasteiger partial charge in [-0.3, -0.25) is 9.48 Å². The normalized spacial score (nSPS) is 11.9. The van der Waals surface area contributed by atoms with Crippen LogP contribution in [0.4, 0.5) is 0 Å². The van der Waals surface area contributed by atoms with E-state index < -0.39 is 0 Å². The van der Waals surface area contributed by atoms with Gasteiger partial charge in [0.2, 0.25) is 0 Å². The second-order valence-corrected chi connectivity index (χ2v) is 7.31. The molecule has 1 N–H and O–H groups in total. The minimum absolute atomic E-state index is 0.238. The van der Waals surface area contributed by atoms with Crippen LogP contribution in [0.2, 0.25) is 0 Å². The van der Waals surface area contributed by atoms with E-state index in [1.54, 1.807) is 18.5 Å². The number of nitrogens with one attached hydrogen (secondary N) is 1. The van der Waals surface area contributed by atoms with E-state index in [0.717, 1.165) is 16.7 Å². The minimum Gasteiger partial charge on any atom is -0.268 e. The topological polar surface area (TPSA) is 59.3 Å². The Morgan fingerprint density at radius 1 is 1.17 bits per heavy atom. The summed E-state index contributed by atoms with van der Waals surface area (Å²) in [4.78, 5) is 12.4. The van der Waals surface area contributed by atoms with Crippen LogP contribution in [0.1, 0.15) is 53.7 Å². The number of amides is 1. The highest BCUT2D eigenvalue weighted by Crippen LogP contribution is 2.16. The first-order valence-corrected chi connectivity index (χ1v) is 9.69. The first-order valence-electron chi connectivity index (χ1n) is 9.69. The molecule has 0 atom stereocenters. The molecule has 0 spiro atoms. The van der Waals surface area contributed by atoms with Crippen LogP contribution < -0.4 is 5.43 Å². The van der Waals surface area contributed by atoms with Crippen LogP contribution in [-0.2, 0) is 6.54 Å². The van der Waals surface area contributed by atoms with Gasteiger partial charge in [-0.15, -0.1) is 0 Å². The summed E-state index contributed by atoms with van der Waals surface area (Å²) < 4.78 is 1.82. The van der Waals surface area contributed by atoms with Crippen molar-refractivity contribution < 1.29 is 4.79 Å². The summed E-state index contributed by atoms with van der Waals surface area (Å²) in [5.41, 5.74) is 7.54. The maximum absolute atomic E-state index is 12.4. The van der Waals surface area contributed by atoms with Crippen molar-refractivity contribution in [3.63, 3.8) is 0 Å². The fraction of sp³-hybridized carbons (Fsp3) is 0.208. The molecule has 0 aliphatic rings. The summed E-state index contributed by atoms with van der Waals surface area (Å²) in [6.07, 6.45) is 7.31. The van der Waals surface area contributed by atoms with Crippen molar-refractivity contribution in [3.8, 4) is 0 Å². The molecule has 1 heterocycles. The van der Waals surface area contributed by atoms with Crippen molar-refractivity contribution in [2.24, 2.45) is 5.10 Å². The van der Waals surface area contributed by atoms with Gasteiger partial charge >= 0.3 is 0 Å². The number of hydrazone groups is 1. The predicted octanol–water partition coefficient (Wildman–Crippen LogP) is 4.87. The Kier molecular flexibility index (Phi) is 6.74. The van der Waals surface area contributed by atoms with Crippen molar-refractivity contribution >= 4 is 18.2 Å². The monoisotopic (exact) mass is 386 g/mol. The van der Waals surface area contributed by atoms with Crippen LogP contribution in [0.3, 0.4) is 0 Å². The van der Waals surface area contributed by atoms with Crippen LogP contribution in [0.5, 0.6) is 0 Å². The molecule has 3 aromatic rings. The third-order valence-corrected chi connectivity index (χ3v) is 4.52. The summed E-state index contributed by atoms with van der Waals surface area (Å²) in [7, 11) is 0. The van der Waals surface area contributed by atoms with E-state index in [1.807, 2.05) is 48.1 Å². The van der Waals surface area contributed by atoms with Crippen LogP contribution >= 0.6 is 0 Å². The molecule has 0 bridgehead atoms. The molecule has 1 aromatic heterocycles. The number of hydrogen-bond donors (Lipinski definition) is 1. The maximum Gasteiger partial charge on any atom is 0.271 e. The Morgan fingerprint density at radius 2 is 1.97 bits per heavy atom. The molecular formula is C24H26N4O. The van der Waals surface area contributed by atoms with Crippen LogP contribution in [0.15, 0.2) is 77.7 Å². The number of nitrogens with zero attached hydrogens (tertiary/aromatic N) is 3. The zero-order valence-corrected chi connectivity index (χ0v) is 17.0. The first-order chi connectivity index (χ1) is 14.0. The lowest BCUT2D eigenvalue weighted by Crippen LogP contribution is -2.18. The highest BCUT2D eigenvalue weighted by molar-refractivity contribution is 5.95. The fourth-order valence-electron chi connectivity index (χ4n) is 2.93. The van der Waals surface area contributed by atoms with Crippen LogP contribution in [0, 0.1) is 0 Å². The van der Waals surface area contributed by atoms with Crippen molar-refractivity contribution in [1.29, 1.82) is 0 Å². The maximum atomic E-state index is 12.4. The van der Waals surface area contributed by atoms with Gasteiger partial charge in [-0.25, -0.2) is 5.43 Å². The second kappa shape index (κ2) is 9.64. The zero-order chi connectivity index (χ0) is 20.6. The molecule has 0 radical (unpaired) electrons. The standard InChI is InChI=1S/C24H26N4O/c1-18(2)22-10-8-20(9-11-22)14-19(3)16-25-27-24(29)23-7-4-6-21(15-23)17-28-13-5-12-26-28/h4-16,18H,17H2,1-3H3,(H,27,29)/b19-14+,25-16+. The smallest absolute Gasteiger partial charge is 0.268 e. The van der Waals surface area contributed by atoms with E-state index in [0.29, 0.717) is 18.0 Å². The lowest BCUT2D eigenvalue weighted by atomic mass is 10.0. The van der Waals surface area contributed by atoms with E-state index in [-0.39, 0.29) is 5.91 Å². The minimum atomic E-state index is -0.238. The molecule has 148 valence electrons. The van der Waals surface area contributed by atoms with Crippen molar-refractivity contribution in [2.45, 2.75) is 33.2 Å². The molecule has 5 heteroatoms. The van der Waals surface area contributed by atoms with Gasteiger partial charge in [-0.05, 0) is 53.3 Å². The molecule has 0 saturated heterocycles. The third-order valence-electron chi connectivity index (χ3n) is 4.52. The first kappa shape index (κ1) is 20.3. The molecule has 5 nitrogen and oxygen atoms in total. The predicted molar refractivity (Wildman–Crippen MR) is 118 cm³/mol. The zero-order valence-electron chi connectivity index (χ0n) is 17.0. The highest BCUT2D eigenvalue weighted by atomic mass is 16.2. The number of benzene rings is 2. The van der Waals surface area contributed by atoms with Crippen molar-refractivity contribution in [1.82, 2.24) is 15.2 Å². The van der Waals surface area contributed by atoms with E-state index in [2.05, 4.69) is 53.7 Å². The number of allylic oxidation sites excluding steroid dienone is 1. The Balaban J connectivity index is 1.58. The third kappa shape index (κ3) is 6.01. The Bertz CT molecular complexity index is 1000. The Labute approximate surface area is 171 Å². The number of carbonyl (C=O) groups is 1. The van der Waals surface area contributed by atoms with Gasteiger partial charge in [0.25, 0.3) is 5.91 Å². The number of carbonyl (C=O) groups excluding carboxylic acids is 1. The summed E-state index contributed by atoms with van der Waals surface area (Å²) in [6, 6.07) is 17.8. The van der Waals surface area contributed by atoms with E-state index in [4.69, 9.17) is 0 Å². The SMILES string of the molecule is CC(/C=N/NC(=O)c1cccc(Cn2cccn2)c1)=C\c1ccc(C(C)C)cc1. The van der Waals surface area contributed by atoms with Gasteiger partial charge in [-0.1, -0.05) is 56.3 Å². The van der Waals surface area contributed by atoms with Crippen LogP contribution in [-0.4, -0.2) is 21.9 Å². The summed E-state index contributed by atoms with van der Waals surface area (Å²) in [6.45, 7) is 6.93. The summed E-state index contributed by atoms with van der Waals surface area (Å²) in [5.74, 6) is 0.279. The average Bonchev–Trinajstić information content (AvgIpc) is 3.21. The van der Waals surface area contributed by atoms with Gasteiger partial charge in [0, 0.05) is 18.0 Å². The van der Waals surface area contributed by atoms with Gasteiger partial charge < -0.3 is 0 Å². The molecule has 0 fully saturated rings. The molecule has 0 aliphatic carbocycles. The van der Waals surface area contributed by atoms with Gasteiger partial charge in [0.05, 0.1) is 12.8 Å².